The maximum atomic E-state index is 5.38. The minimum absolute atomic E-state index is 0.820. The fourth-order valence-electron chi connectivity index (χ4n) is 2.07. The molecule has 1 heterocycles. The maximum absolute atomic E-state index is 5.38. The number of morpholine rings is 1. The molecule has 88 valence electrons. The molecule has 0 aromatic heterocycles. The van der Waals surface area contributed by atoms with Crippen LogP contribution in [0.15, 0.2) is 18.2 Å². The molecule has 1 aliphatic heterocycles. The third-order valence-electron chi connectivity index (χ3n) is 3.03. The summed E-state index contributed by atoms with van der Waals surface area (Å²) in [5.74, 6) is 0.929. The Hall–Kier alpha value is -1.22. The molecule has 0 N–H and O–H groups in total. The van der Waals surface area contributed by atoms with Gasteiger partial charge in [0.2, 0.25) is 0 Å². The van der Waals surface area contributed by atoms with Crippen molar-refractivity contribution in [3.8, 4) is 5.75 Å². The molecule has 1 aliphatic rings. The van der Waals surface area contributed by atoms with Crippen LogP contribution < -0.4 is 9.64 Å². The van der Waals surface area contributed by atoms with E-state index in [4.69, 9.17) is 9.47 Å². The lowest BCUT2D eigenvalue weighted by molar-refractivity contribution is 0.122. The minimum atomic E-state index is 0.820. The molecule has 16 heavy (non-hydrogen) atoms. The third-order valence-corrected chi connectivity index (χ3v) is 3.03. The van der Waals surface area contributed by atoms with Gasteiger partial charge in [-0.05, 0) is 18.1 Å². The van der Waals surface area contributed by atoms with Crippen LogP contribution in [0.2, 0.25) is 0 Å². The first-order valence-electron chi connectivity index (χ1n) is 5.84. The highest BCUT2D eigenvalue weighted by Crippen LogP contribution is 2.27. The van der Waals surface area contributed by atoms with Crippen LogP contribution in [-0.4, -0.2) is 33.4 Å². The molecule has 0 bridgehead atoms. The van der Waals surface area contributed by atoms with Gasteiger partial charge in [-0.25, -0.2) is 0 Å². The number of benzene rings is 1. The fourth-order valence-corrected chi connectivity index (χ4v) is 2.07. The van der Waals surface area contributed by atoms with Crippen LogP contribution in [-0.2, 0) is 11.2 Å². The Bertz CT molecular complexity index is 346. The van der Waals surface area contributed by atoms with Crippen LogP contribution in [0.1, 0.15) is 12.5 Å². The normalized spacial score (nSPS) is 16.2. The Balaban J connectivity index is 2.27. The van der Waals surface area contributed by atoms with Crippen molar-refractivity contribution in [3.05, 3.63) is 23.8 Å². The topological polar surface area (TPSA) is 21.7 Å². The Kier molecular flexibility index (Phi) is 3.67. The van der Waals surface area contributed by atoms with E-state index >= 15 is 0 Å². The van der Waals surface area contributed by atoms with Gasteiger partial charge in [-0.15, -0.1) is 0 Å². The Labute approximate surface area is 97.0 Å². The first kappa shape index (κ1) is 11.3. The number of methoxy groups -OCH3 is 1. The van der Waals surface area contributed by atoms with Gasteiger partial charge in [-0.3, -0.25) is 0 Å². The number of nitrogens with zero attached hydrogens (tertiary/aromatic N) is 1. The van der Waals surface area contributed by atoms with Crippen LogP contribution in [0.5, 0.6) is 5.75 Å². The van der Waals surface area contributed by atoms with Gasteiger partial charge in [0, 0.05) is 24.8 Å². The Morgan fingerprint density at radius 2 is 2.06 bits per heavy atom. The summed E-state index contributed by atoms with van der Waals surface area (Å²) in [5, 5.41) is 0. The highest BCUT2D eigenvalue weighted by Gasteiger charge is 2.14. The van der Waals surface area contributed by atoms with Gasteiger partial charge in [-0.2, -0.15) is 0 Å². The largest absolute Gasteiger partial charge is 0.497 e. The van der Waals surface area contributed by atoms with Crippen molar-refractivity contribution >= 4 is 5.69 Å². The lowest BCUT2D eigenvalue weighted by Crippen LogP contribution is -2.36. The van der Waals surface area contributed by atoms with Gasteiger partial charge < -0.3 is 14.4 Å². The summed E-state index contributed by atoms with van der Waals surface area (Å²) in [5.41, 5.74) is 2.67. The van der Waals surface area contributed by atoms with Crippen LogP contribution in [0, 0.1) is 0 Å². The van der Waals surface area contributed by atoms with E-state index in [0.29, 0.717) is 0 Å². The molecule has 3 nitrogen and oxygen atoms in total. The molecule has 1 saturated heterocycles. The van der Waals surface area contributed by atoms with E-state index in [0.717, 1.165) is 38.5 Å². The second-order valence-corrected chi connectivity index (χ2v) is 3.95. The Morgan fingerprint density at radius 1 is 1.31 bits per heavy atom. The minimum Gasteiger partial charge on any atom is -0.497 e. The zero-order valence-corrected chi connectivity index (χ0v) is 10.0. The molecular weight excluding hydrogens is 202 g/mol. The average molecular weight is 221 g/mol. The van der Waals surface area contributed by atoms with E-state index in [-0.39, 0.29) is 0 Å². The molecule has 0 amide bonds. The van der Waals surface area contributed by atoms with Crippen LogP contribution in [0.3, 0.4) is 0 Å². The summed E-state index contributed by atoms with van der Waals surface area (Å²) in [6.45, 7) is 5.77. The highest BCUT2D eigenvalue weighted by atomic mass is 16.5. The van der Waals surface area contributed by atoms with Crippen molar-refractivity contribution in [1.29, 1.82) is 0 Å². The summed E-state index contributed by atoms with van der Waals surface area (Å²) in [4.78, 5) is 2.38. The van der Waals surface area contributed by atoms with E-state index in [2.05, 4.69) is 24.0 Å². The van der Waals surface area contributed by atoms with Gasteiger partial charge in [0.15, 0.2) is 0 Å². The molecule has 1 fully saturated rings. The predicted molar refractivity (Wildman–Crippen MR) is 65.4 cm³/mol. The van der Waals surface area contributed by atoms with E-state index < -0.39 is 0 Å². The quantitative estimate of drug-likeness (QED) is 0.780. The van der Waals surface area contributed by atoms with Crippen molar-refractivity contribution in [3.63, 3.8) is 0 Å². The van der Waals surface area contributed by atoms with Gasteiger partial charge in [0.25, 0.3) is 0 Å². The maximum Gasteiger partial charge on any atom is 0.120 e. The van der Waals surface area contributed by atoms with Gasteiger partial charge >= 0.3 is 0 Å². The van der Waals surface area contributed by atoms with Crippen LogP contribution in [0.25, 0.3) is 0 Å². The SMILES string of the molecule is CCc1ccc(OC)cc1N1CCOCC1. The standard InChI is InChI=1S/C13H19NO2/c1-3-11-4-5-12(15-2)10-13(11)14-6-8-16-9-7-14/h4-5,10H,3,6-9H2,1-2H3. The molecule has 0 aliphatic carbocycles. The van der Waals surface area contributed by atoms with Crippen molar-refractivity contribution in [1.82, 2.24) is 0 Å². The average Bonchev–Trinajstić information content (AvgIpc) is 2.39. The second-order valence-electron chi connectivity index (χ2n) is 3.95. The lowest BCUT2D eigenvalue weighted by atomic mass is 10.1. The van der Waals surface area contributed by atoms with E-state index in [1.54, 1.807) is 7.11 Å². The number of hydrogen-bond acceptors (Lipinski definition) is 3. The summed E-state index contributed by atoms with van der Waals surface area (Å²) < 4.78 is 10.7. The van der Waals surface area contributed by atoms with Crippen molar-refractivity contribution in [2.75, 3.05) is 38.3 Å². The number of hydrogen-bond donors (Lipinski definition) is 0. The molecule has 0 saturated carbocycles. The molecular formula is C13H19NO2. The van der Waals surface area contributed by atoms with Crippen molar-refractivity contribution in [2.24, 2.45) is 0 Å². The molecule has 0 spiro atoms. The summed E-state index contributed by atoms with van der Waals surface area (Å²) in [6.07, 6.45) is 1.05. The highest BCUT2D eigenvalue weighted by molar-refractivity contribution is 5.57. The number of anilines is 1. The summed E-state index contributed by atoms with van der Waals surface area (Å²) >= 11 is 0. The lowest BCUT2D eigenvalue weighted by Gasteiger charge is -2.30. The first-order chi connectivity index (χ1) is 7.85. The van der Waals surface area contributed by atoms with Crippen LogP contribution >= 0.6 is 0 Å². The first-order valence-corrected chi connectivity index (χ1v) is 5.84. The zero-order valence-electron chi connectivity index (χ0n) is 10.0. The third kappa shape index (κ3) is 2.30. The fraction of sp³-hybridized carbons (Fsp3) is 0.538. The molecule has 3 heteroatoms. The van der Waals surface area contributed by atoms with Gasteiger partial charge in [-0.1, -0.05) is 13.0 Å². The van der Waals surface area contributed by atoms with Crippen LogP contribution in [0.4, 0.5) is 5.69 Å². The van der Waals surface area contributed by atoms with E-state index in [1.807, 2.05) is 6.07 Å². The molecule has 0 unspecified atom stereocenters. The number of aryl methyl sites for hydroxylation is 1. The predicted octanol–water partition coefficient (Wildman–Crippen LogP) is 2.09. The molecule has 1 aromatic rings. The van der Waals surface area contributed by atoms with E-state index in [9.17, 15) is 0 Å². The monoisotopic (exact) mass is 221 g/mol. The molecule has 0 radical (unpaired) electrons. The van der Waals surface area contributed by atoms with Crippen molar-refractivity contribution in [2.45, 2.75) is 13.3 Å². The van der Waals surface area contributed by atoms with E-state index in [1.165, 1.54) is 11.3 Å². The number of rotatable bonds is 3. The van der Waals surface area contributed by atoms with Gasteiger partial charge in [0.1, 0.15) is 5.75 Å². The summed E-state index contributed by atoms with van der Waals surface area (Å²) in [7, 11) is 1.71. The smallest absolute Gasteiger partial charge is 0.120 e. The second kappa shape index (κ2) is 5.21. The molecule has 2 rings (SSSR count). The number of ether oxygens (including phenoxy) is 2. The van der Waals surface area contributed by atoms with Gasteiger partial charge in [0.05, 0.1) is 20.3 Å². The molecule has 1 aromatic carbocycles. The summed E-state index contributed by atoms with van der Waals surface area (Å²) in [6, 6.07) is 6.32. The van der Waals surface area contributed by atoms with Crippen molar-refractivity contribution < 1.29 is 9.47 Å². The Morgan fingerprint density at radius 3 is 2.69 bits per heavy atom. The zero-order chi connectivity index (χ0) is 11.4. The molecule has 0 atom stereocenters.